The van der Waals surface area contributed by atoms with Crippen molar-refractivity contribution in [3.05, 3.63) is 48.0 Å². The van der Waals surface area contributed by atoms with Gasteiger partial charge in [-0.3, -0.25) is 9.78 Å². The zero-order valence-electron chi connectivity index (χ0n) is 12.0. The maximum atomic E-state index is 11.5. The van der Waals surface area contributed by atoms with Gasteiger partial charge in [0.15, 0.2) is 5.82 Å². The quantitative estimate of drug-likeness (QED) is 0.677. The molecule has 0 aliphatic heterocycles. The Hall–Kier alpha value is -2.54. The van der Waals surface area contributed by atoms with Crippen LogP contribution in [0.4, 0.5) is 0 Å². The Kier molecular flexibility index (Phi) is 4.24. The minimum Gasteiger partial charge on any atom is -0.466 e. The van der Waals surface area contributed by atoms with Gasteiger partial charge in [0.2, 0.25) is 0 Å². The fourth-order valence-corrected chi connectivity index (χ4v) is 2.59. The fourth-order valence-electron chi connectivity index (χ4n) is 2.00. The van der Waals surface area contributed by atoms with Crippen LogP contribution >= 0.6 is 11.3 Å². The molecule has 3 rings (SSSR count). The van der Waals surface area contributed by atoms with E-state index in [1.807, 2.05) is 28.4 Å². The van der Waals surface area contributed by atoms with Crippen molar-refractivity contribution in [1.82, 2.24) is 19.5 Å². The number of aromatic nitrogens is 4. The third kappa shape index (κ3) is 3.20. The second kappa shape index (κ2) is 6.48. The molecule has 112 valence electrons. The first-order valence-corrected chi connectivity index (χ1v) is 7.69. The summed E-state index contributed by atoms with van der Waals surface area (Å²) < 4.78 is 6.78. The Labute approximate surface area is 131 Å². The van der Waals surface area contributed by atoms with Crippen LogP contribution in [0.25, 0.3) is 16.5 Å². The molecule has 0 bridgehead atoms. The Morgan fingerprint density at radius 1 is 1.41 bits per heavy atom. The third-order valence-corrected chi connectivity index (χ3v) is 3.74. The lowest BCUT2D eigenvalue weighted by molar-refractivity contribution is -0.142. The highest BCUT2D eigenvalue weighted by Crippen LogP contribution is 2.19. The number of carbonyl (C=O) groups excluding carboxylic acids is 1. The summed E-state index contributed by atoms with van der Waals surface area (Å²) in [6.45, 7) is 2.18. The number of ether oxygens (including phenoxy) is 1. The molecular formula is C15H14N4O2S. The number of nitrogens with zero attached hydrogens (tertiary/aromatic N) is 4. The van der Waals surface area contributed by atoms with E-state index in [1.165, 1.54) is 11.3 Å². The average molecular weight is 314 g/mol. The Balaban J connectivity index is 1.81. The van der Waals surface area contributed by atoms with Crippen molar-refractivity contribution in [2.45, 2.75) is 13.3 Å². The van der Waals surface area contributed by atoms with Gasteiger partial charge in [-0.25, -0.2) is 9.97 Å². The van der Waals surface area contributed by atoms with Crippen LogP contribution in [0.15, 0.2) is 42.4 Å². The second-order valence-electron chi connectivity index (χ2n) is 4.51. The lowest BCUT2D eigenvalue weighted by Gasteiger charge is -2.03. The number of esters is 1. The predicted molar refractivity (Wildman–Crippen MR) is 82.8 cm³/mol. The lowest BCUT2D eigenvalue weighted by Crippen LogP contribution is -2.06. The first-order valence-electron chi connectivity index (χ1n) is 6.81. The smallest absolute Gasteiger partial charge is 0.310 e. The van der Waals surface area contributed by atoms with Crippen LogP contribution in [0.3, 0.4) is 0 Å². The standard InChI is InChI=1S/C15H14N4O2S/c1-2-21-14(20)7-11-3-5-19(10-11)13-9-16-8-12(18-13)15-17-4-6-22-15/h3-6,8-10H,2,7H2,1H3. The monoisotopic (exact) mass is 314 g/mol. The maximum absolute atomic E-state index is 11.5. The zero-order chi connectivity index (χ0) is 15.4. The van der Waals surface area contributed by atoms with E-state index in [1.54, 1.807) is 25.5 Å². The van der Waals surface area contributed by atoms with Gasteiger partial charge in [-0.05, 0) is 18.6 Å². The van der Waals surface area contributed by atoms with Crippen LogP contribution in [0.5, 0.6) is 0 Å². The van der Waals surface area contributed by atoms with E-state index in [-0.39, 0.29) is 12.4 Å². The van der Waals surface area contributed by atoms with Crippen molar-refractivity contribution in [2.24, 2.45) is 0 Å². The van der Waals surface area contributed by atoms with E-state index in [0.717, 1.165) is 16.3 Å². The minimum atomic E-state index is -0.233. The molecule has 0 radical (unpaired) electrons. The van der Waals surface area contributed by atoms with Crippen LogP contribution in [0.1, 0.15) is 12.5 Å². The van der Waals surface area contributed by atoms with Crippen molar-refractivity contribution < 1.29 is 9.53 Å². The highest BCUT2D eigenvalue weighted by molar-refractivity contribution is 7.13. The van der Waals surface area contributed by atoms with Crippen LogP contribution in [-0.2, 0) is 16.0 Å². The van der Waals surface area contributed by atoms with Gasteiger partial charge in [0.05, 0.1) is 25.4 Å². The Morgan fingerprint density at radius 3 is 3.09 bits per heavy atom. The number of thiazole rings is 1. The number of carbonyl (C=O) groups is 1. The van der Waals surface area contributed by atoms with Crippen LogP contribution < -0.4 is 0 Å². The van der Waals surface area contributed by atoms with E-state index in [4.69, 9.17) is 4.74 Å². The molecule has 3 aromatic rings. The number of hydrogen-bond donors (Lipinski definition) is 0. The summed E-state index contributed by atoms with van der Waals surface area (Å²) >= 11 is 1.51. The van der Waals surface area contributed by atoms with E-state index in [0.29, 0.717) is 12.4 Å². The highest BCUT2D eigenvalue weighted by Gasteiger charge is 2.09. The van der Waals surface area contributed by atoms with E-state index in [9.17, 15) is 4.79 Å². The van der Waals surface area contributed by atoms with Gasteiger partial charge in [-0.15, -0.1) is 11.3 Å². The summed E-state index contributed by atoms with van der Waals surface area (Å²) in [4.78, 5) is 24.5. The molecule has 0 saturated carbocycles. The van der Waals surface area contributed by atoms with E-state index >= 15 is 0 Å². The summed E-state index contributed by atoms with van der Waals surface area (Å²) in [6.07, 6.45) is 9.05. The summed E-state index contributed by atoms with van der Waals surface area (Å²) in [5.41, 5.74) is 1.60. The first kappa shape index (κ1) is 14.4. The van der Waals surface area contributed by atoms with Crippen molar-refractivity contribution in [2.75, 3.05) is 6.61 Å². The van der Waals surface area contributed by atoms with Crippen molar-refractivity contribution in [3.63, 3.8) is 0 Å². The summed E-state index contributed by atoms with van der Waals surface area (Å²) in [6, 6.07) is 1.87. The maximum Gasteiger partial charge on any atom is 0.310 e. The predicted octanol–water partition coefficient (Wildman–Crippen LogP) is 2.50. The Bertz CT molecular complexity index is 767. The SMILES string of the molecule is CCOC(=O)Cc1ccn(-c2cncc(-c3nccs3)n2)c1. The van der Waals surface area contributed by atoms with Crippen LogP contribution in [0, 0.1) is 0 Å². The lowest BCUT2D eigenvalue weighted by atomic mass is 10.2. The molecule has 0 N–H and O–H groups in total. The summed E-state index contributed by atoms with van der Waals surface area (Å²) in [5.74, 6) is 0.450. The number of hydrogen-bond acceptors (Lipinski definition) is 6. The minimum absolute atomic E-state index is 0.233. The number of rotatable bonds is 5. The average Bonchev–Trinajstić information content (AvgIpc) is 3.19. The largest absolute Gasteiger partial charge is 0.466 e. The molecular weight excluding hydrogens is 300 g/mol. The van der Waals surface area contributed by atoms with Crippen LogP contribution in [-0.4, -0.2) is 32.1 Å². The molecule has 0 aliphatic rings. The molecule has 0 amide bonds. The van der Waals surface area contributed by atoms with Crippen molar-refractivity contribution in [3.8, 4) is 16.5 Å². The first-order chi connectivity index (χ1) is 10.8. The normalized spacial score (nSPS) is 10.6. The molecule has 0 aromatic carbocycles. The molecule has 0 spiro atoms. The van der Waals surface area contributed by atoms with E-state index < -0.39 is 0 Å². The fraction of sp³-hybridized carbons (Fsp3) is 0.200. The van der Waals surface area contributed by atoms with Crippen LogP contribution in [0.2, 0.25) is 0 Å². The molecule has 6 nitrogen and oxygen atoms in total. The molecule has 3 heterocycles. The molecule has 0 aliphatic carbocycles. The topological polar surface area (TPSA) is 69.9 Å². The third-order valence-electron chi connectivity index (χ3n) is 2.95. The summed E-state index contributed by atoms with van der Waals surface area (Å²) in [5, 5.41) is 2.73. The highest BCUT2D eigenvalue weighted by atomic mass is 32.1. The molecule has 7 heteroatoms. The van der Waals surface area contributed by atoms with Gasteiger partial charge in [0.1, 0.15) is 10.7 Å². The van der Waals surface area contributed by atoms with Gasteiger partial charge in [-0.1, -0.05) is 0 Å². The molecule has 0 saturated heterocycles. The molecule has 0 fully saturated rings. The van der Waals surface area contributed by atoms with E-state index in [2.05, 4.69) is 15.0 Å². The summed E-state index contributed by atoms with van der Waals surface area (Å²) in [7, 11) is 0. The zero-order valence-corrected chi connectivity index (χ0v) is 12.8. The van der Waals surface area contributed by atoms with Crippen molar-refractivity contribution in [1.29, 1.82) is 0 Å². The van der Waals surface area contributed by atoms with Gasteiger partial charge < -0.3 is 9.30 Å². The van der Waals surface area contributed by atoms with Gasteiger partial charge in [0, 0.05) is 24.0 Å². The van der Waals surface area contributed by atoms with Gasteiger partial charge >= 0.3 is 5.97 Å². The molecule has 3 aromatic heterocycles. The molecule has 0 atom stereocenters. The second-order valence-corrected chi connectivity index (χ2v) is 5.40. The van der Waals surface area contributed by atoms with Crippen molar-refractivity contribution >= 4 is 17.3 Å². The van der Waals surface area contributed by atoms with Gasteiger partial charge in [-0.2, -0.15) is 0 Å². The Morgan fingerprint density at radius 2 is 2.32 bits per heavy atom. The molecule has 0 unspecified atom stereocenters. The van der Waals surface area contributed by atoms with Gasteiger partial charge in [0.25, 0.3) is 0 Å². The molecule has 22 heavy (non-hydrogen) atoms.